The second kappa shape index (κ2) is 7.46. The monoisotopic (exact) mass is 375 g/mol. The molecule has 0 spiro atoms. The molecule has 0 aromatic carbocycles. The van der Waals surface area contributed by atoms with Crippen LogP contribution in [0.5, 0.6) is 0 Å². The van der Waals surface area contributed by atoms with Gasteiger partial charge in [-0.2, -0.15) is 4.57 Å². The number of aromatic nitrogens is 1. The summed E-state index contributed by atoms with van der Waals surface area (Å²) in [6.07, 6.45) is -0.902. The summed E-state index contributed by atoms with van der Waals surface area (Å²) < 4.78 is 34.3. The molecule has 2 fully saturated rings. The van der Waals surface area contributed by atoms with Gasteiger partial charge >= 0.3 is 7.82 Å². The quantitative estimate of drug-likeness (QED) is 0.451. The molecule has 3 unspecified atom stereocenters. The first kappa shape index (κ1) is 18.4. The molecule has 4 N–H and O–H groups in total. The van der Waals surface area contributed by atoms with E-state index in [-0.39, 0.29) is 25.4 Å². The third-order valence-electron chi connectivity index (χ3n) is 3.92. The predicted octanol–water partition coefficient (Wildman–Crippen LogP) is -0.746. The van der Waals surface area contributed by atoms with Gasteiger partial charge in [0, 0.05) is 6.07 Å². The number of aliphatic hydroxyl groups is 2. The van der Waals surface area contributed by atoms with Gasteiger partial charge < -0.3 is 20.7 Å². The Morgan fingerprint density at radius 3 is 2.76 bits per heavy atom. The van der Waals surface area contributed by atoms with Crippen molar-refractivity contribution in [2.24, 2.45) is 5.73 Å². The Morgan fingerprint density at radius 1 is 1.36 bits per heavy atom. The largest absolute Gasteiger partial charge is 0.474 e. The highest BCUT2D eigenvalue weighted by Crippen LogP contribution is 2.52. The number of phosphoric ester groups is 1. The highest BCUT2D eigenvalue weighted by molar-refractivity contribution is 7.48. The molecule has 10 nitrogen and oxygen atoms in total. The molecule has 0 aliphatic carbocycles. The SMILES string of the molecule is NC(=O)c1ccc[n+](C2O[C@H](COP3(=O)OCCCO3)C(O)C2O)c1. The molecule has 2 saturated heterocycles. The smallest absolute Gasteiger partial charge is 0.387 e. The van der Waals surface area contributed by atoms with Crippen molar-refractivity contribution in [2.45, 2.75) is 31.0 Å². The number of carbonyl (C=O) groups excluding carboxylic acids is 1. The Morgan fingerprint density at radius 2 is 2.08 bits per heavy atom. The molecule has 0 radical (unpaired) electrons. The molecule has 0 saturated carbocycles. The Kier molecular flexibility index (Phi) is 5.49. The average molecular weight is 375 g/mol. The van der Waals surface area contributed by atoms with Gasteiger partial charge in [-0.05, 0) is 12.5 Å². The Bertz CT molecular complexity index is 677. The van der Waals surface area contributed by atoms with Crippen molar-refractivity contribution in [1.82, 2.24) is 0 Å². The molecule has 3 heterocycles. The van der Waals surface area contributed by atoms with Gasteiger partial charge in [-0.15, -0.1) is 0 Å². The zero-order chi connectivity index (χ0) is 18.0. The number of hydrogen-bond acceptors (Lipinski definition) is 8. The van der Waals surface area contributed by atoms with Crippen molar-refractivity contribution in [3.05, 3.63) is 30.1 Å². The molecule has 3 rings (SSSR count). The molecule has 2 aliphatic rings. The molecular formula is C14H20N2O8P+. The minimum Gasteiger partial charge on any atom is -0.387 e. The van der Waals surface area contributed by atoms with Gasteiger partial charge in [0.05, 0.1) is 19.8 Å². The van der Waals surface area contributed by atoms with Crippen molar-refractivity contribution in [2.75, 3.05) is 19.8 Å². The highest BCUT2D eigenvalue weighted by Gasteiger charge is 2.49. The van der Waals surface area contributed by atoms with E-state index in [1.165, 1.54) is 16.8 Å². The number of nitrogens with zero attached hydrogens (tertiary/aromatic N) is 1. The first-order valence-corrected chi connectivity index (χ1v) is 9.21. The van der Waals surface area contributed by atoms with Crippen molar-refractivity contribution in [1.29, 1.82) is 0 Å². The van der Waals surface area contributed by atoms with Crippen molar-refractivity contribution in [3.63, 3.8) is 0 Å². The fourth-order valence-electron chi connectivity index (χ4n) is 2.60. The summed E-state index contributed by atoms with van der Waals surface area (Å²) in [5, 5.41) is 20.4. The first-order chi connectivity index (χ1) is 11.9. The van der Waals surface area contributed by atoms with Crippen LogP contribution in [0.25, 0.3) is 0 Å². The molecule has 11 heteroatoms. The lowest BCUT2D eigenvalue weighted by atomic mass is 10.1. The number of rotatable bonds is 5. The molecule has 0 bridgehead atoms. The van der Waals surface area contributed by atoms with Gasteiger partial charge in [-0.1, -0.05) is 0 Å². The van der Waals surface area contributed by atoms with Crippen molar-refractivity contribution >= 4 is 13.7 Å². The van der Waals surface area contributed by atoms with Gasteiger partial charge in [0.25, 0.3) is 12.1 Å². The Balaban J connectivity index is 1.67. The highest BCUT2D eigenvalue weighted by atomic mass is 31.2. The fourth-order valence-corrected chi connectivity index (χ4v) is 3.86. The van der Waals surface area contributed by atoms with E-state index in [1.54, 1.807) is 12.3 Å². The summed E-state index contributed by atoms with van der Waals surface area (Å²) in [5.41, 5.74) is 5.45. The molecular weight excluding hydrogens is 355 g/mol. The van der Waals surface area contributed by atoms with E-state index in [2.05, 4.69) is 0 Å². The summed E-state index contributed by atoms with van der Waals surface area (Å²) >= 11 is 0. The van der Waals surface area contributed by atoms with Gasteiger partial charge in [0.1, 0.15) is 17.8 Å². The summed E-state index contributed by atoms with van der Waals surface area (Å²) in [7, 11) is -3.67. The number of aliphatic hydroxyl groups excluding tert-OH is 2. The third-order valence-corrected chi connectivity index (χ3v) is 5.39. The lowest BCUT2D eigenvalue weighted by Gasteiger charge is -2.23. The topological polar surface area (TPSA) is 141 Å². The second-order valence-corrected chi connectivity index (χ2v) is 7.38. The van der Waals surface area contributed by atoms with Crippen molar-refractivity contribution < 1.29 is 42.4 Å². The van der Waals surface area contributed by atoms with Crippen LogP contribution in [0.3, 0.4) is 0 Å². The number of ether oxygens (including phenoxy) is 1. The van der Waals surface area contributed by atoms with Crippen LogP contribution in [0.15, 0.2) is 24.5 Å². The number of pyridine rings is 1. The minimum absolute atomic E-state index is 0.223. The number of primary amides is 1. The van der Waals surface area contributed by atoms with Gasteiger partial charge in [-0.25, -0.2) is 4.57 Å². The third kappa shape index (κ3) is 4.06. The maximum Gasteiger partial charge on any atom is 0.474 e. The predicted molar refractivity (Wildman–Crippen MR) is 81.2 cm³/mol. The van der Waals surface area contributed by atoms with Crippen LogP contribution >= 0.6 is 7.82 Å². The zero-order valence-corrected chi connectivity index (χ0v) is 14.2. The lowest BCUT2D eigenvalue weighted by Crippen LogP contribution is -2.46. The second-order valence-electron chi connectivity index (χ2n) is 5.71. The van der Waals surface area contributed by atoms with Crippen LogP contribution in [-0.2, 0) is 22.9 Å². The maximum atomic E-state index is 12.1. The average Bonchev–Trinajstić information content (AvgIpc) is 2.89. The summed E-state index contributed by atoms with van der Waals surface area (Å²) in [6.45, 7) is 0.223. The molecule has 138 valence electrons. The van der Waals surface area contributed by atoms with E-state index in [0.29, 0.717) is 6.42 Å². The van der Waals surface area contributed by atoms with Crippen molar-refractivity contribution in [3.8, 4) is 0 Å². The van der Waals surface area contributed by atoms with E-state index in [9.17, 15) is 19.6 Å². The van der Waals surface area contributed by atoms with Crippen LogP contribution in [0.2, 0.25) is 0 Å². The summed E-state index contributed by atoms with van der Waals surface area (Å²) in [4.78, 5) is 11.3. The number of amides is 1. The van der Waals surface area contributed by atoms with E-state index >= 15 is 0 Å². The fraction of sp³-hybridized carbons (Fsp3) is 0.571. The van der Waals surface area contributed by atoms with E-state index in [1.807, 2.05) is 0 Å². The van der Waals surface area contributed by atoms with Crippen LogP contribution in [-0.4, -0.2) is 54.3 Å². The Hall–Kier alpha value is -1.39. The van der Waals surface area contributed by atoms with Crippen LogP contribution in [0.1, 0.15) is 23.0 Å². The van der Waals surface area contributed by atoms with Crippen LogP contribution in [0.4, 0.5) is 0 Å². The Labute approximate surface area is 143 Å². The molecule has 1 aromatic heterocycles. The van der Waals surface area contributed by atoms with Gasteiger partial charge in [0.15, 0.2) is 18.5 Å². The standard InChI is InChI=1S/C14H19N2O8P/c15-13(19)9-3-1-4-16(7-9)14-12(18)11(17)10(24-14)8-23-25(20)21-5-2-6-22-25/h1,3-4,7,10-12,14,17-18H,2,5-6,8H2,(H-,15,19)/p+1/t10-,11?,12?,14?/m1/s1. The lowest BCUT2D eigenvalue weighted by molar-refractivity contribution is -0.765. The normalized spacial score (nSPS) is 31.8. The first-order valence-electron chi connectivity index (χ1n) is 7.75. The van der Waals surface area contributed by atoms with E-state index in [4.69, 9.17) is 24.0 Å². The van der Waals surface area contributed by atoms with Crippen LogP contribution < -0.4 is 10.3 Å². The number of nitrogens with two attached hydrogens (primary N) is 1. The van der Waals surface area contributed by atoms with Gasteiger partial charge in [-0.3, -0.25) is 18.4 Å². The zero-order valence-electron chi connectivity index (χ0n) is 13.3. The van der Waals surface area contributed by atoms with Gasteiger partial charge in [0.2, 0.25) is 0 Å². The molecule has 25 heavy (non-hydrogen) atoms. The molecule has 2 aliphatic heterocycles. The van der Waals surface area contributed by atoms with E-state index < -0.39 is 38.3 Å². The number of hydrogen-bond donors (Lipinski definition) is 3. The molecule has 1 aromatic rings. The summed E-state index contributed by atoms with van der Waals surface area (Å²) in [6, 6.07) is 3.08. The summed E-state index contributed by atoms with van der Waals surface area (Å²) in [5.74, 6) is -0.632. The number of phosphoric acid groups is 1. The van der Waals surface area contributed by atoms with E-state index in [0.717, 1.165) is 0 Å². The molecule has 4 atom stereocenters. The maximum absolute atomic E-state index is 12.1. The van der Waals surface area contributed by atoms with Crippen LogP contribution in [0, 0.1) is 0 Å². The molecule has 1 amide bonds. The number of carbonyl (C=O) groups is 1. The minimum atomic E-state index is -3.67.